The van der Waals surface area contributed by atoms with Crippen LogP contribution in [0.4, 0.5) is 4.79 Å². The lowest BCUT2D eigenvalue weighted by Crippen LogP contribution is -2.40. The predicted octanol–water partition coefficient (Wildman–Crippen LogP) is 1.65. The lowest BCUT2D eigenvalue weighted by Gasteiger charge is -2.09. The first-order chi connectivity index (χ1) is 8.15. The molecule has 0 aromatic carbocycles. The van der Waals surface area contributed by atoms with E-state index in [-0.39, 0.29) is 12.1 Å². The highest BCUT2D eigenvalue weighted by Crippen LogP contribution is 2.11. The van der Waals surface area contributed by atoms with Crippen LogP contribution in [0.2, 0.25) is 0 Å². The molecular formula is C11H16N4OS. The molecule has 6 heteroatoms. The van der Waals surface area contributed by atoms with Crippen LogP contribution in [0.5, 0.6) is 0 Å². The van der Waals surface area contributed by atoms with Crippen molar-refractivity contribution in [1.29, 1.82) is 0 Å². The maximum absolute atomic E-state index is 11.3. The Morgan fingerprint density at radius 2 is 2.41 bits per heavy atom. The average Bonchev–Trinajstić information content (AvgIpc) is 2.76. The Balaban J connectivity index is 1.79. The lowest BCUT2D eigenvalue weighted by atomic mass is 10.3. The third-order valence-corrected chi connectivity index (χ3v) is 3.00. The normalized spacial score (nSPS) is 11.0. The van der Waals surface area contributed by atoms with E-state index in [0.29, 0.717) is 6.54 Å². The summed E-state index contributed by atoms with van der Waals surface area (Å²) >= 11 is 1.61. The number of thiazole rings is 1. The third kappa shape index (κ3) is 3.20. The second kappa shape index (κ2) is 5.18. The molecule has 5 nitrogen and oxygen atoms in total. The van der Waals surface area contributed by atoms with Crippen LogP contribution in [0.25, 0.3) is 4.96 Å². The van der Waals surface area contributed by atoms with Crippen LogP contribution >= 0.6 is 11.3 Å². The molecule has 0 fully saturated rings. The highest BCUT2D eigenvalue weighted by atomic mass is 32.1. The summed E-state index contributed by atoms with van der Waals surface area (Å²) in [5.74, 6) is 0. The minimum atomic E-state index is -0.124. The van der Waals surface area contributed by atoms with Crippen molar-refractivity contribution in [1.82, 2.24) is 20.0 Å². The average molecular weight is 252 g/mol. The smallest absolute Gasteiger partial charge is 0.314 e. The van der Waals surface area contributed by atoms with Gasteiger partial charge in [0.1, 0.15) is 0 Å². The summed E-state index contributed by atoms with van der Waals surface area (Å²) in [6, 6.07) is 0.0361. The Bertz CT molecular complexity index is 474. The summed E-state index contributed by atoms with van der Waals surface area (Å²) < 4.78 is 1.99. The molecule has 92 valence electrons. The maximum atomic E-state index is 11.3. The molecule has 0 aliphatic heterocycles. The molecule has 0 aliphatic carbocycles. The molecule has 2 rings (SSSR count). The predicted molar refractivity (Wildman–Crippen MR) is 68.4 cm³/mol. The van der Waals surface area contributed by atoms with Gasteiger partial charge in [-0.05, 0) is 13.8 Å². The molecule has 0 saturated carbocycles. The number of imidazole rings is 1. The molecule has 0 bridgehead atoms. The van der Waals surface area contributed by atoms with E-state index in [9.17, 15) is 4.79 Å². The van der Waals surface area contributed by atoms with E-state index >= 15 is 0 Å². The summed E-state index contributed by atoms with van der Waals surface area (Å²) in [4.78, 5) is 16.8. The fourth-order valence-corrected chi connectivity index (χ4v) is 2.23. The van der Waals surface area contributed by atoms with Crippen molar-refractivity contribution >= 4 is 22.3 Å². The van der Waals surface area contributed by atoms with Crippen molar-refractivity contribution in [2.75, 3.05) is 6.54 Å². The molecule has 2 aromatic rings. The fraction of sp³-hybridized carbons (Fsp3) is 0.455. The molecule has 0 saturated heterocycles. The monoisotopic (exact) mass is 252 g/mol. The van der Waals surface area contributed by atoms with Crippen LogP contribution in [0.15, 0.2) is 17.8 Å². The van der Waals surface area contributed by atoms with E-state index < -0.39 is 0 Å². The van der Waals surface area contributed by atoms with Gasteiger partial charge in [-0.2, -0.15) is 0 Å². The summed E-state index contributed by atoms with van der Waals surface area (Å²) in [7, 11) is 0. The minimum absolute atomic E-state index is 0.124. The number of fused-ring (bicyclic) bond motifs is 1. The van der Waals surface area contributed by atoms with Crippen molar-refractivity contribution in [2.24, 2.45) is 0 Å². The van der Waals surface area contributed by atoms with E-state index in [1.54, 1.807) is 11.3 Å². The van der Waals surface area contributed by atoms with Gasteiger partial charge in [0.05, 0.1) is 5.69 Å². The molecule has 17 heavy (non-hydrogen) atoms. The molecule has 2 N–H and O–H groups in total. The Kier molecular flexibility index (Phi) is 3.63. The highest BCUT2D eigenvalue weighted by molar-refractivity contribution is 7.15. The summed E-state index contributed by atoms with van der Waals surface area (Å²) in [5.41, 5.74) is 1.00. The van der Waals surface area contributed by atoms with Crippen LogP contribution in [0.1, 0.15) is 19.5 Å². The standard InChI is InChI=1S/C11H16N4OS/c1-8(2)13-10(16)12-4-3-9-7-15-5-6-17-11(15)14-9/h5-8H,3-4H2,1-2H3,(H2,12,13,16). The topological polar surface area (TPSA) is 58.4 Å². The van der Waals surface area contributed by atoms with Gasteiger partial charge in [-0.1, -0.05) is 0 Å². The zero-order chi connectivity index (χ0) is 12.3. The van der Waals surface area contributed by atoms with Gasteiger partial charge in [0.15, 0.2) is 4.96 Å². The van der Waals surface area contributed by atoms with Crippen LogP contribution in [0.3, 0.4) is 0 Å². The molecule has 2 amide bonds. The van der Waals surface area contributed by atoms with Crippen LogP contribution in [-0.4, -0.2) is 28.0 Å². The quantitative estimate of drug-likeness (QED) is 0.869. The first kappa shape index (κ1) is 11.9. The van der Waals surface area contributed by atoms with Gasteiger partial charge in [-0.15, -0.1) is 11.3 Å². The van der Waals surface area contributed by atoms with E-state index in [0.717, 1.165) is 17.1 Å². The number of aromatic nitrogens is 2. The molecule has 0 unspecified atom stereocenters. The number of urea groups is 1. The largest absolute Gasteiger partial charge is 0.338 e. The first-order valence-corrected chi connectivity index (χ1v) is 6.48. The zero-order valence-corrected chi connectivity index (χ0v) is 10.8. The van der Waals surface area contributed by atoms with Crippen LogP contribution in [-0.2, 0) is 6.42 Å². The van der Waals surface area contributed by atoms with Crippen molar-refractivity contribution in [3.63, 3.8) is 0 Å². The number of rotatable bonds is 4. The van der Waals surface area contributed by atoms with Gasteiger partial charge in [0.25, 0.3) is 0 Å². The van der Waals surface area contributed by atoms with E-state index in [2.05, 4.69) is 15.6 Å². The van der Waals surface area contributed by atoms with Crippen molar-refractivity contribution in [3.8, 4) is 0 Å². The first-order valence-electron chi connectivity index (χ1n) is 5.60. The Morgan fingerprint density at radius 1 is 1.59 bits per heavy atom. The highest BCUT2D eigenvalue weighted by Gasteiger charge is 2.04. The second-order valence-electron chi connectivity index (χ2n) is 4.13. The number of nitrogens with zero attached hydrogens (tertiary/aromatic N) is 2. The molecular weight excluding hydrogens is 236 g/mol. The van der Waals surface area contributed by atoms with E-state index in [1.165, 1.54) is 0 Å². The van der Waals surface area contributed by atoms with Crippen molar-refractivity contribution in [2.45, 2.75) is 26.3 Å². The van der Waals surface area contributed by atoms with Crippen molar-refractivity contribution < 1.29 is 4.79 Å². The zero-order valence-electron chi connectivity index (χ0n) is 9.93. The van der Waals surface area contributed by atoms with E-state index in [1.807, 2.05) is 36.0 Å². The van der Waals surface area contributed by atoms with E-state index in [4.69, 9.17) is 0 Å². The summed E-state index contributed by atoms with van der Waals surface area (Å²) in [6.07, 6.45) is 4.73. The molecule has 0 radical (unpaired) electrons. The summed E-state index contributed by atoms with van der Waals surface area (Å²) in [6.45, 7) is 4.47. The number of hydrogen-bond acceptors (Lipinski definition) is 3. The minimum Gasteiger partial charge on any atom is -0.338 e. The number of carbonyl (C=O) groups is 1. The van der Waals surface area contributed by atoms with Gasteiger partial charge in [-0.25, -0.2) is 9.78 Å². The second-order valence-corrected chi connectivity index (χ2v) is 5.00. The van der Waals surface area contributed by atoms with Crippen LogP contribution < -0.4 is 10.6 Å². The number of carbonyl (C=O) groups excluding carboxylic acids is 1. The fourth-order valence-electron chi connectivity index (χ4n) is 1.51. The molecule has 2 heterocycles. The molecule has 0 aliphatic rings. The van der Waals surface area contributed by atoms with Gasteiger partial charge < -0.3 is 10.6 Å². The summed E-state index contributed by atoms with van der Waals surface area (Å²) in [5, 5.41) is 7.58. The lowest BCUT2D eigenvalue weighted by molar-refractivity contribution is 0.238. The Morgan fingerprint density at radius 3 is 3.12 bits per heavy atom. The number of hydrogen-bond donors (Lipinski definition) is 2. The molecule has 0 spiro atoms. The van der Waals surface area contributed by atoms with Gasteiger partial charge >= 0.3 is 6.03 Å². The molecule has 2 aromatic heterocycles. The molecule has 0 atom stereocenters. The third-order valence-electron chi connectivity index (χ3n) is 2.23. The Labute approximate surface area is 104 Å². The Hall–Kier alpha value is -1.56. The van der Waals surface area contributed by atoms with Gasteiger partial charge in [-0.3, -0.25) is 4.40 Å². The van der Waals surface area contributed by atoms with Gasteiger partial charge in [0, 0.05) is 36.8 Å². The maximum Gasteiger partial charge on any atom is 0.314 e. The number of amides is 2. The van der Waals surface area contributed by atoms with Crippen LogP contribution in [0, 0.1) is 0 Å². The number of nitrogens with one attached hydrogen (secondary N) is 2. The SMILES string of the molecule is CC(C)NC(=O)NCCc1cn2ccsc2n1. The van der Waals surface area contributed by atoms with Crippen molar-refractivity contribution in [3.05, 3.63) is 23.5 Å². The van der Waals surface area contributed by atoms with Gasteiger partial charge in [0.2, 0.25) is 0 Å².